The highest BCUT2D eigenvalue weighted by atomic mass is 35.5. The Morgan fingerprint density at radius 3 is 2.75 bits per heavy atom. The van der Waals surface area contributed by atoms with Crippen LogP contribution in [0.3, 0.4) is 0 Å². The van der Waals surface area contributed by atoms with Crippen LogP contribution in [0.5, 0.6) is 5.75 Å². The zero-order chi connectivity index (χ0) is 28.3. The molecule has 1 aliphatic heterocycles. The molecule has 0 saturated carbocycles. The van der Waals surface area contributed by atoms with Crippen molar-refractivity contribution in [2.45, 2.75) is 39.0 Å². The first-order valence-corrected chi connectivity index (χ1v) is 13.3. The van der Waals surface area contributed by atoms with Gasteiger partial charge in [0.15, 0.2) is 0 Å². The minimum Gasteiger partial charge on any atom is -0.487 e. The van der Waals surface area contributed by atoms with Crippen LogP contribution in [0.4, 0.5) is 21.6 Å². The number of nitrogens with zero attached hydrogens (tertiary/aromatic N) is 4. The van der Waals surface area contributed by atoms with Gasteiger partial charge in [0.25, 0.3) is 6.02 Å². The zero-order valence-corrected chi connectivity index (χ0v) is 23.6. The molecule has 40 heavy (non-hydrogen) atoms. The van der Waals surface area contributed by atoms with Gasteiger partial charge in [-0.3, -0.25) is 0 Å². The van der Waals surface area contributed by atoms with E-state index in [9.17, 15) is 4.39 Å². The van der Waals surface area contributed by atoms with E-state index in [1.54, 1.807) is 24.3 Å². The van der Waals surface area contributed by atoms with E-state index in [2.05, 4.69) is 15.3 Å². The van der Waals surface area contributed by atoms with Gasteiger partial charge in [-0.15, -0.1) is 0 Å². The lowest BCUT2D eigenvalue weighted by atomic mass is 10.2. The largest absolute Gasteiger partial charge is 0.487 e. The average molecular weight is 564 g/mol. The summed E-state index contributed by atoms with van der Waals surface area (Å²) < 4.78 is 31.0. The molecule has 0 spiro atoms. The molecule has 8 nitrogen and oxygen atoms in total. The summed E-state index contributed by atoms with van der Waals surface area (Å²) in [5.74, 6) is 0.791. The van der Waals surface area contributed by atoms with Crippen LogP contribution in [0.15, 0.2) is 72.0 Å². The molecule has 3 aromatic carbocycles. The number of halogens is 2. The lowest BCUT2D eigenvalue weighted by molar-refractivity contribution is -0.0220. The molecule has 10 heteroatoms. The molecule has 1 aliphatic rings. The molecule has 0 unspecified atom stereocenters. The van der Waals surface area contributed by atoms with Gasteiger partial charge in [-0.1, -0.05) is 23.7 Å². The van der Waals surface area contributed by atoms with Crippen molar-refractivity contribution in [3.8, 4) is 5.75 Å². The van der Waals surface area contributed by atoms with Gasteiger partial charge in [0.2, 0.25) is 0 Å². The third-order valence-electron chi connectivity index (χ3n) is 6.28. The lowest BCUT2D eigenvalue weighted by Gasteiger charge is -2.24. The second-order valence-corrected chi connectivity index (χ2v) is 10.9. The Hall–Kier alpha value is -3.95. The minimum atomic E-state index is -0.309. The van der Waals surface area contributed by atoms with Crippen LogP contribution in [0.25, 0.3) is 10.9 Å². The van der Waals surface area contributed by atoms with Crippen LogP contribution in [-0.2, 0) is 16.1 Å². The summed E-state index contributed by atoms with van der Waals surface area (Å²) in [5.41, 5.74) is 2.69. The van der Waals surface area contributed by atoms with Crippen molar-refractivity contribution in [2.75, 3.05) is 25.6 Å². The summed E-state index contributed by atoms with van der Waals surface area (Å²) in [6.07, 6.45) is 1.50. The number of nitrogens with one attached hydrogen (secondary N) is 1. The van der Waals surface area contributed by atoms with Crippen LogP contribution < -0.4 is 10.1 Å². The molecule has 208 valence electrons. The Bertz CT molecular complexity index is 1540. The summed E-state index contributed by atoms with van der Waals surface area (Å²) in [6.45, 7) is 7.37. The number of aromatic nitrogens is 2. The molecule has 0 bridgehead atoms. The number of rotatable bonds is 8. The predicted octanol–water partition coefficient (Wildman–Crippen LogP) is 6.88. The Labute approximate surface area is 237 Å². The van der Waals surface area contributed by atoms with Crippen LogP contribution in [-0.4, -0.2) is 52.8 Å². The van der Waals surface area contributed by atoms with Gasteiger partial charge in [-0.2, -0.15) is 4.99 Å². The minimum absolute atomic E-state index is 0.0875. The SMILES string of the molecule is CN1/C(=N/c2ccc3ncnc(Nc4ccc(OCc5cccc(F)c5)c(Cl)c4)c3c2)OC[C@@H]1COC(C)(C)C. The smallest absolute Gasteiger partial charge is 0.292 e. The van der Waals surface area contributed by atoms with E-state index in [-0.39, 0.29) is 24.1 Å². The highest BCUT2D eigenvalue weighted by molar-refractivity contribution is 6.32. The van der Waals surface area contributed by atoms with Gasteiger partial charge >= 0.3 is 0 Å². The molecule has 2 heterocycles. The van der Waals surface area contributed by atoms with Crippen LogP contribution >= 0.6 is 11.6 Å². The highest BCUT2D eigenvalue weighted by Crippen LogP contribution is 2.32. The molecule has 0 aliphatic carbocycles. The number of hydrogen-bond acceptors (Lipinski definition) is 7. The molecule has 1 fully saturated rings. The van der Waals surface area contributed by atoms with E-state index < -0.39 is 0 Å². The number of aliphatic imine (C=N–C) groups is 1. The molecular formula is C30H31ClFN5O3. The maximum absolute atomic E-state index is 13.4. The molecule has 5 rings (SSSR count). The van der Waals surface area contributed by atoms with E-state index in [0.29, 0.717) is 47.1 Å². The Morgan fingerprint density at radius 2 is 1.98 bits per heavy atom. The second-order valence-electron chi connectivity index (χ2n) is 10.5. The molecule has 0 amide bonds. The average Bonchev–Trinajstić information content (AvgIpc) is 3.25. The summed E-state index contributed by atoms with van der Waals surface area (Å²) in [6, 6.07) is 17.9. The van der Waals surface area contributed by atoms with Crippen molar-refractivity contribution >= 4 is 45.7 Å². The first-order chi connectivity index (χ1) is 19.1. The van der Waals surface area contributed by atoms with Crippen LogP contribution in [0.2, 0.25) is 5.02 Å². The van der Waals surface area contributed by atoms with Crippen molar-refractivity contribution in [1.29, 1.82) is 0 Å². The first-order valence-electron chi connectivity index (χ1n) is 12.9. The van der Waals surface area contributed by atoms with Gasteiger partial charge < -0.3 is 24.4 Å². The molecule has 1 N–H and O–H groups in total. The molecule has 4 aromatic rings. The lowest BCUT2D eigenvalue weighted by Crippen LogP contribution is -2.36. The van der Waals surface area contributed by atoms with Crippen LogP contribution in [0.1, 0.15) is 26.3 Å². The predicted molar refractivity (Wildman–Crippen MR) is 155 cm³/mol. The van der Waals surface area contributed by atoms with E-state index in [4.69, 9.17) is 30.8 Å². The number of anilines is 2. The maximum Gasteiger partial charge on any atom is 0.292 e. The van der Waals surface area contributed by atoms with Gasteiger partial charge in [-0.25, -0.2) is 14.4 Å². The maximum atomic E-state index is 13.4. The quantitative estimate of drug-likeness (QED) is 0.250. The second kappa shape index (κ2) is 11.7. The molecule has 0 radical (unpaired) electrons. The fourth-order valence-electron chi connectivity index (χ4n) is 4.10. The van der Waals surface area contributed by atoms with Gasteiger partial charge in [0.05, 0.1) is 34.5 Å². The number of amidine groups is 1. The van der Waals surface area contributed by atoms with Crippen molar-refractivity contribution in [3.05, 3.63) is 83.4 Å². The molecule has 1 saturated heterocycles. The van der Waals surface area contributed by atoms with E-state index in [1.165, 1.54) is 18.5 Å². The van der Waals surface area contributed by atoms with Crippen LogP contribution in [0, 0.1) is 5.82 Å². The van der Waals surface area contributed by atoms with Gasteiger partial charge in [-0.05, 0) is 74.9 Å². The number of ether oxygens (including phenoxy) is 3. The van der Waals surface area contributed by atoms with Crippen molar-refractivity contribution in [1.82, 2.24) is 14.9 Å². The standard InChI is InChI=1S/C30H31ClFN5O3/c1-30(2,3)40-17-23-16-39-29(37(23)4)36-21-8-10-26-24(13-21)28(34-18-33-26)35-22-9-11-27(25(31)14-22)38-15-19-6-5-7-20(32)12-19/h5-14,18,23H,15-17H2,1-4H3,(H,33,34,35)/b36-29-/t23-/m1/s1. The van der Waals surface area contributed by atoms with E-state index >= 15 is 0 Å². The molecule has 1 atom stereocenters. The van der Waals surface area contributed by atoms with E-state index in [1.807, 2.05) is 57.0 Å². The van der Waals surface area contributed by atoms with Crippen molar-refractivity contribution < 1.29 is 18.6 Å². The third kappa shape index (κ3) is 6.78. The van der Waals surface area contributed by atoms with Gasteiger partial charge in [0.1, 0.15) is 36.9 Å². The summed E-state index contributed by atoms with van der Waals surface area (Å²) in [7, 11) is 1.95. The number of benzene rings is 3. The Balaban J connectivity index is 1.31. The summed E-state index contributed by atoms with van der Waals surface area (Å²) in [4.78, 5) is 15.6. The topological polar surface area (TPSA) is 81.1 Å². The summed E-state index contributed by atoms with van der Waals surface area (Å²) >= 11 is 6.49. The van der Waals surface area contributed by atoms with Gasteiger partial charge in [0, 0.05) is 18.1 Å². The summed E-state index contributed by atoms with van der Waals surface area (Å²) in [5, 5.41) is 4.52. The fraction of sp³-hybridized carbons (Fsp3) is 0.300. The zero-order valence-electron chi connectivity index (χ0n) is 22.8. The number of likely N-dealkylation sites (N-methyl/N-ethyl adjacent to an activating group) is 1. The first kappa shape index (κ1) is 27.6. The normalized spacial score (nSPS) is 16.4. The third-order valence-corrected chi connectivity index (χ3v) is 6.58. The Kier molecular flexibility index (Phi) is 8.04. The number of hydrogen-bond donors (Lipinski definition) is 1. The van der Waals surface area contributed by atoms with E-state index in [0.717, 1.165) is 16.6 Å². The Morgan fingerprint density at radius 1 is 1.12 bits per heavy atom. The molecular weight excluding hydrogens is 533 g/mol. The van der Waals surface area contributed by atoms with Crippen molar-refractivity contribution in [3.63, 3.8) is 0 Å². The number of fused-ring (bicyclic) bond motifs is 1. The molecule has 1 aromatic heterocycles. The highest BCUT2D eigenvalue weighted by Gasteiger charge is 2.29. The monoisotopic (exact) mass is 563 g/mol. The fourth-order valence-corrected chi connectivity index (χ4v) is 4.34. The van der Waals surface area contributed by atoms with Crippen molar-refractivity contribution in [2.24, 2.45) is 4.99 Å².